The number of aliphatic hydroxyl groups excluding tert-OH is 1. The van der Waals surface area contributed by atoms with Crippen LogP contribution in [0.3, 0.4) is 0 Å². The third kappa shape index (κ3) is 1.65. The van der Waals surface area contributed by atoms with Crippen molar-refractivity contribution in [3.05, 3.63) is 34.9 Å². The molecule has 1 aromatic carbocycles. The average molecular weight is 165 g/mol. The Labute approximate surface area is 73.0 Å². The summed E-state index contributed by atoms with van der Waals surface area (Å²) in [6.07, 6.45) is 0. The van der Waals surface area contributed by atoms with Crippen molar-refractivity contribution in [2.75, 3.05) is 6.61 Å². The van der Waals surface area contributed by atoms with Gasteiger partial charge in [0.05, 0.1) is 12.6 Å². The molecule has 0 saturated heterocycles. The summed E-state index contributed by atoms with van der Waals surface area (Å²) in [6, 6.07) is 5.78. The van der Waals surface area contributed by atoms with Gasteiger partial charge in [-0.2, -0.15) is 0 Å². The van der Waals surface area contributed by atoms with Gasteiger partial charge in [-0.1, -0.05) is 18.2 Å². The second kappa shape index (κ2) is 3.70. The van der Waals surface area contributed by atoms with Crippen LogP contribution < -0.4 is 5.73 Å². The fourth-order valence-corrected chi connectivity index (χ4v) is 1.50. The molecule has 2 nitrogen and oxygen atoms in total. The van der Waals surface area contributed by atoms with E-state index in [2.05, 4.69) is 0 Å². The van der Waals surface area contributed by atoms with Crippen molar-refractivity contribution in [2.24, 2.45) is 5.73 Å². The zero-order chi connectivity index (χ0) is 9.14. The minimum Gasteiger partial charge on any atom is -0.394 e. The van der Waals surface area contributed by atoms with Gasteiger partial charge in [0.1, 0.15) is 0 Å². The summed E-state index contributed by atoms with van der Waals surface area (Å²) in [5, 5.41) is 8.91. The fraction of sp³-hybridized carbons (Fsp3) is 0.400. The Morgan fingerprint density at radius 1 is 1.33 bits per heavy atom. The van der Waals surface area contributed by atoms with Crippen molar-refractivity contribution in [3.63, 3.8) is 0 Å². The fourth-order valence-electron chi connectivity index (χ4n) is 1.50. The van der Waals surface area contributed by atoms with Crippen molar-refractivity contribution in [2.45, 2.75) is 19.9 Å². The van der Waals surface area contributed by atoms with E-state index >= 15 is 0 Å². The van der Waals surface area contributed by atoms with Crippen LogP contribution in [0.5, 0.6) is 0 Å². The molecular formula is C10H15NO. The largest absolute Gasteiger partial charge is 0.394 e. The molecule has 1 unspecified atom stereocenters. The molecule has 0 heterocycles. The first-order chi connectivity index (χ1) is 5.66. The van der Waals surface area contributed by atoms with Gasteiger partial charge in [0.15, 0.2) is 0 Å². The van der Waals surface area contributed by atoms with E-state index in [4.69, 9.17) is 10.8 Å². The van der Waals surface area contributed by atoms with Gasteiger partial charge >= 0.3 is 0 Å². The zero-order valence-corrected chi connectivity index (χ0v) is 7.54. The zero-order valence-electron chi connectivity index (χ0n) is 7.54. The molecule has 0 aliphatic rings. The highest BCUT2D eigenvalue weighted by molar-refractivity contribution is 5.35. The minimum atomic E-state index is -0.244. The van der Waals surface area contributed by atoms with E-state index in [1.165, 1.54) is 0 Å². The summed E-state index contributed by atoms with van der Waals surface area (Å²) in [6.45, 7) is 4.03. The summed E-state index contributed by atoms with van der Waals surface area (Å²) < 4.78 is 0. The van der Waals surface area contributed by atoms with Crippen molar-refractivity contribution in [3.8, 4) is 0 Å². The van der Waals surface area contributed by atoms with E-state index in [9.17, 15) is 0 Å². The van der Waals surface area contributed by atoms with Crippen LogP contribution in [0.2, 0.25) is 0 Å². The average Bonchev–Trinajstić information content (AvgIpc) is 2.03. The van der Waals surface area contributed by atoms with Gasteiger partial charge in [0.2, 0.25) is 0 Å². The molecule has 0 amide bonds. The second-order valence-electron chi connectivity index (χ2n) is 3.09. The molecule has 0 aliphatic carbocycles. The van der Waals surface area contributed by atoms with Gasteiger partial charge in [0.25, 0.3) is 0 Å². The Morgan fingerprint density at radius 3 is 2.25 bits per heavy atom. The normalized spacial score (nSPS) is 13.0. The van der Waals surface area contributed by atoms with Crippen molar-refractivity contribution < 1.29 is 5.11 Å². The Balaban J connectivity index is 3.12. The number of hydrogen-bond acceptors (Lipinski definition) is 2. The Hall–Kier alpha value is -0.860. The number of aryl methyl sites for hydroxylation is 2. The number of rotatable bonds is 2. The summed E-state index contributed by atoms with van der Waals surface area (Å²) in [7, 11) is 0. The topological polar surface area (TPSA) is 46.2 Å². The lowest BCUT2D eigenvalue weighted by molar-refractivity contribution is 0.267. The first-order valence-electron chi connectivity index (χ1n) is 4.09. The monoisotopic (exact) mass is 165 g/mol. The molecule has 0 bridgehead atoms. The van der Waals surface area contributed by atoms with Gasteiger partial charge in [-0.25, -0.2) is 0 Å². The molecular weight excluding hydrogens is 150 g/mol. The van der Waals surface area contributed by atoms with Gasteiger partial charge in [-0.05, 0) is 30.5 Å². The summed E-state index contributed by atoms with van der Waals surface area (Å²) in [5.41, 5.74) is 9.11. The SMILES string of the molecule is Cc1cccc(C)c1C(N)CO. The van der Waals surface area contributed by atoms with E-state index in [0.29, 0.717) is 0 Å². The van der Waals surface area contributed by atoms with Gasteiger partial charge < -0.3 is 10.8 Å². The first kappa shape index (κ1) is 9.23. The molecule has 0 aliphatic heterocycles. The predicted octanol–water partition coefficient (Wildman–Crippen LogP) is 1.30. The summed E-state index contributed by atoms with van der Waals surface area (Å²) in [5.74, 6) is 0. The van der Waals surface area contributed by atoms with Crippen molar-refractivity contribution in [1.82, 2.24) is 0 Å². The highest BCUT2D eigenvalue weighted by Gasteiger charge is 2.09. The Morgan fingerprint density at radius 2 is 1.83 bits per heavy atom. The van der Waals surface area contributed by atoms with Gasteiger partial charge in [-0.15, -0.1) is 0 Å². The summed E-state index contributed by atoms with van der Waals surface area (Å²) in [4.78, 5) is 0. The predicted molar refractivity (Wildman–Crippen MR) is 49.9 cm³/mol. The second-order valence-corrected chi connectivity index (χ2v) is 3.09. The lowest BCUT2D eigenvalue weighted by atomic mass is 9.97. The molecule has 2 heteroatoms. The number of aliphatic hydroxyl groups is 1. The van der Waals surface area contributed by atoms with Crippen molar-refractivity contribution in [1.29, 1.82) is 0 Å². The Bertz CT molecular complexity index is 250. The van der Waals surface area contributed by atoms with E-state index in [-0.39, 0.29) is 12.6 Å². The van der Waals surface area contributed by atoms with Gasteiger partial charge in [-0.3, -0.25) is 0 Å². The molecule has 1 rings (SSSR count). The van der Waals surface area contributed by atoms with E-state index in [1.54, 1.807) is 0 Å². The molecule has 1 atom stereocenters. The van der Waals surface area contributed by atoms with Gasteiger partial charge in [0, 0.05) is 0 Å². The molecule has 0 spiro atoms. The van der Waals surface area contributed by atoms with E-state index in [0.717, 1.165) is 16.7 Å². The first-order valence-corrected chi connectivity index (χ1v) is 4.09. The van der Waals surface area contributed by atoms with Crippen LogP contribution in [-0.4, -0.2) is 11.7 Å². The summed E-state index contributed by atoms with van der Waals surface area (Å²) >= 11 is 0. The quantitative estimate of drug-likeness (QED) is 0.693. The highest BCUT2D eigenvalue weighted by atomic mass is 16.3. The number of benzene rings is 1. The lowest BCUT2D eigenvalue weighted by Crippen LogP contribution is -2.17. The van der Waals surface area contributed by atoms with Crippen LogP contribution in [0.25, 0.3) is 0 Å². The van der Waals surface area contributed by atoms with E-state index < -0.39 is 0 Å². The third-order valence-corrected chi connectivity index (χ3v) is 2.11. The maximum absolute atomic E-state index is 8.91. The molecule has 66 valence electrons. The third-order valence-electron chi connectivity index (χ3n) is 2.11. The van der Waals surface area contributed by atoms with Crippen LogP contribution in [0.1, 0.15) is 22.7 Å². The van der Waals surface area contributed by atoms with E-state index in [1.807, 2.05) is 32.0 Å². The molecule has 3 N–H and O–H groups in total. The molecule has 0 saturated carbocycles. The van der Waals surface area contributed by atoms with Crippen LogP contribution >= 0.6 is 0 Å². The van der Waals surface area contributed by atoms with Crippen LogP contribution in [0.15, 0.2) is 18.2 Å². The number of nitrogens with two attached hydrogens (primary N) is 1. The van der Waals surface area contributed by atoms with Crippen LogP contribution in [0.4, 0.5) is 0 Å². The van der Waals surface area contributed by atoms with Crippen LogP contribution in [0, 0.1) is 13.8 Å². The molecule has 0 aromatic heterocycles. The molecule has 0 fully saturated rings. The van der Waals surface area contributed by atoms with Crippen LogP contribution in [-0.2, 0) is 0 Å². The molecule has 0 radical (unpaired) electrons. The smallest absolute Gasteiger partial charge is 0.0624 e. The maximum atomic E-state index is 8.91. The molecule has 12 heavy (non-hydrogen) atoms. The Kier molecular flexibility index (Phi) is 2.84. The minimum absolute atomic E-state index is 0.00565. The highest BCUT2D eigenvalue weighted by Crippen LogP contribution is 2.19. The maximum Gasteiger partial charge on any atom is 0.0624 e. The lowest BCUT2D eigenvalue weighted by Gasteiger charge is -2.14. The van der Waals surface area contributed by atoms with Crippen molar-refractivity contribution >= 4 is 0 Å². The number of hydrogen-bond donors (Lipinski definition) is 2. The molecule has 1 aromatic rings. The standard InChI is InChI=1S/C10H15NO/c1-7-4-3-5-8(2)10(7)9(11)6-12/h3-5,9,12H,6,11H2,1-2H3.